The van der Waals surface area contributed by atoms with Gasteiger partial charge >= 0.3 is 0 Å². The highest BCUT2D eigenvalue weighted by molar-refractivity contribution is 8.18. The molecular formula is C27H32N2O2S. The summed E-state index contributed by atoms with van der Waals surface area (Å²) in [6, 6.07) is 14.8. The highest BCUT2D eigenvalue weighted by Gasteiger charge is 2.38. The number of amides is 2. The second kappa shape index (κ2) is 8.43. The lowest BCUT2D eigenvalue weighted by Gasteiger charge is -2.50. The van der Waals surface area contributed by atoms with Crippen LogP contribution in [0.5, 0.6) is 0 Å². The second-order valence-electron chi connectivity index (χ2n) is 9.95. The molecule has 168 valence electrons. The molecule has 32 heavy (non-hydrogen) atoms. The number of hydrogen-bond donors (Lipinski definition) is 0. The van der Waals surface area contributed by atoms with Crippen LogP contribution in [-0.2, 0) is 11.3 Å². The average molecular weight is 449 g/mol. The number of rotatable bonds is 4. The third-order valence-corrected chi connectivity index (χ3v) is 7.36. The van der Waals surface area contributed by atoms with Crippen molar-refractivity contribution < 1.29 is 9.59 Å². The minimum atomic E-state index is -0.212. The fourth-order valence-electron chi connectivity index (χ4n) is 5.20. The maximum Gasteiger partial charge on any atom is 0.293 e. The number of carbonyl (C=O) groups is 2. The first kappa shape index (κ1) is 22.7. The lowest BCUT2D eigenvalue weighted by molar-refractivity contribution is -0.123. The first-order chi connectivity index (χ1) is 15.1. The fraction of sp³-hybridized carbons (Fsp3) is 0.407. The lowest BCUT2D eigenvalue weighted by Crippen LogP contribution is -2.51. The summed E-state index contributed by atoms with van der Waals surface area (Å²) >= 11 is 1.03. The van der Waals surface area contributed by atoms with Crippen LogP contribution in [0.1, 0.15) is 69.2 Å². The second-order valence-corrected chi connectivity index (χ2v) is 10.9. The number of imide groups is 1. The van der Waals surface area contributed by atoms with Crippen LogP contribution in [0.3, 0.4) is 0 Å². The zero-order valence-corrected chi connectivity index (χ0v) is 20.6. The zero-order chi connectivity index (χ0) is 23.2. The van der Waals surface area contributed by atoms with E-state index in [0.29, 0.717) is 23.4 Å². The number of fused-ring (bicyclic) bond motifs is 1. The number of thioether (sulfide) groups is 1. The van der Waals surface area contributed by atoms with E-state index in [9.17, 15) is 9.59 Å². The normalized spacial score (nSPS) is 21.6. The molecule has 0 bridgehead atoms. The summed E-state index contributed by atoms with van der Waals surface area (Å²) in [6.07, 6.45) is 2.95. The summed E-state index contributed by atoms with van der Waals surface area (Å²) < 4.78 is 0. The number of benzene rings is 2. The first-order valence-corrected chi connectivity index (χ1v) is 12.1. The third kappa shape index (κ3) is 4.23. The molecule has 0 aromatic heterocycles. The van der Waals surface area contributed by atoms with Crippen LogP contribution in [0.4, 0.5) is 10.5 Å². The van der Waals surface area contributed by atoms with Crippen LogP contribution < -0.4 is 4.90 Å². The molecule has 2 aromatic carbocycles. The summed E-state index contributed by atoms with van der Waals surface area (Å²) in [5.74, 6) is 0.219. The highest BCUT2D eigenvalue weighted by atomic mass is 32.2. The third-order valence-electron chi connectivity index (χ3n) is 6.45. The van der Waals surface area contributed by atoms with Crippen LogP contribution >= 0.6 is 11.8 Å². The predicted molar refractivity (Wildman–Crippen MR) is 134 cm³/mol. The van der Waals surface area contributed by atoms with Gasteiger partial charge in [-0.15, -0.1) is 0 Å². The van der Waals surface area contributed by atoms with E-state index in [-0.39, 0.29) is 16.7 Å². The first-order valence-electron chi connectivity index (χ1n) is 11.3. The van der Waals surface area contributed by atoms with E-state index in [0.717, 1.165) is 34.9 Å². The molecule has 2 aromatic rings. The smallest absolute Gasteiger partial charge is 0.293 e. The Balaban J connectivity index is 1.61. The molecule has 5 heteroatoms. The van der Waals surface area contributed by atoms with Crippen molar-refractivity contribution in [2.45, 2.75) is 72.0 Å². The lowest BCUT2D eigenvalue weighted by atomic mass is 9.79. The van der Waals surface area contributed by atoms with Gasteiger partial charge in [0, 0.05) is 17.3 Å². The van der Waals surface area contributed by atoms with Crippen molar-refractivity contribution in [1.29, 1.82) is 0 Å². The summed E-state index contributed by atoms with van der Waals surface area (Å²) in [6.45, 7) is 13.7. The molecule has 2 amide bonds. The van der Waals surface area contributed by atoms with E-state index < -0.39 is 0 Å². The molecule has 0 aliphatic carbocycles. The van der Waals surface area contributed by atoms with E-state index in [1.54, 1.807) is 0 Å². The Hall–Kier alpha value is -2.53. The maximum absolute atomic E-state index is 13.0. The van der Waals surface area contributed by atoms with Crippen molar-refractivity contribution in [2.75, 3.05) is 4.90 Å². The highest BCUT2D eigenvalue weighted by Crippen LogP contribution is 2.45. The Morgan fingerprint density at radius 3 is 2.47 bits per heavy atom. The molecule has 0 unspecified atom stereocenters. The molecule has 0 spiro atoms. The number of carbonyl (C=O) groups excluding carboxylic acids is 2. The quantitative estimate of drug-likeness (QED) is 0.486. The van der Waals surface area contributed by atoms with E-state index in [4.69, 9.17) is 0 Å². The van der Waals surface area contributed by atoms with Crippen LogP contribution in [0, 0.1) is 6.92 Å². The van der Waals surface area contributed by atoms with Crippen LogP contribution in [0.15, 0.2) is 47.4 Å². The van der Waals surface area contributed by atoms with Crippen LogP contribution in [0.2, 0.25) is 0 Å². The number of nitrogens with zero attached hydrogens (tertiary/aromatic N) is 2. The molecule has 0 saturated carbocycles. The number of anilines is 1. The minimum Gasteiger partial charge on any atom is -0.364 e. The van der Waals surface area contributed by atoms with E-state index in [1.807, 2.05) is 37.3 Å². The Bertz CT molecular complexity index is 1090. The summed E-state index contributed by atoms with van der Waals surface area (Å²) in [5, 5.41) is -0.208. The number of aryl methyl sites for hydroxylation is 1. The summed E-state index contributed by atoms with van der Waals surface area (Å²) in [7, 11) is 0. The van der Waals surface area contributed by atoms with Gasteiger partial charge in [-0.2, -0.15) is 0 Å². The number of hydrogen-bond acceptors (Lipinski definition) is 4. The summed E-state index contributed by atoms with van der Waals surface area (Å²) in [5.41, 5.74) is 5.77. The molecule has 4 rings (SSSR count). The topological polar surface area (TPSA) is 40.6 Å². The maximum atomic E-state index is 13.0. The Morgan fingerprint density at radius 2 is 1.81 bits per heavy atom. The molecule has 4 nitrogen and oxygen atoms in total. The largest absolute Gasteiger partial charge is 0.364 e. The Morgan fingerprint density at radius 1 is 1.12 bits per heavy atom. The van der Waals surface area contributed by atoms with E-state index >= 15 is 0 Å². The van der Waals surface area contributed by atoms with Gasteiger partial charge in [-0.3, -0.25) is 14.5 Å². The van der Waals surface area contributed by atoms with Crippen molar-refractivity contribution in [3.63, 3.8) is 0 Å². The van der Waals surface area contributed by atoms with Gasteiger partial charge in [-0.05, 0) is 93.6 Å². The summed E-state index contributed by atoms with van der Waals surface area (Å²) in [4.78, 5) is 29.9. The molecule has 2 heterocycles. The molecule has 0 radical (unpaired) electrons. The molecule has 2 aliphatic rings. The standard InChI is InChI=1S/C27H32N2O2S/c1-17(2)29-23-12-11-21(13-22(23)19(4)15-27(29,5)6)14-24-25(30)28(26(31)32-24)16-20-9-7-18(3)8-10-20/h7-14,17,19H,15-16H2,1-6H3/b24-14-/t19-/m1/s1. The van der Waals surface area contributed by atoms with Crippen LogP contribution in [-0.4, -0.2) is 27.6 Å². The molecule has 1 saturated heterocycles. The Kier molecular flexibility index (Phi) is 5.97. The van der Waals surface area contributed by atoms with Crippen LogP contribution in [0.25, 0.3) is 6.08 Å². The van der Waals surface area contributed by atoms with Gasteiger partial charge in [-0.1, -0.05) is 42.8 Å². The van der Waals surface area contributed by atoms with Gasteiger partial charge in [-0.25, -0.2) is 0 Å². The fourth-order valence-corrected chi connectivity index (χ4v) is 6.04. The molecular weight excluding hydrogens is 416 g/mol. The molecule has 0 N–H and O–H groups in total. The monoisotopic (exact) mass is 448 g/mol. The molecule has 1 atom stereocenters. The van der Waals surface area contributed by atoms with Crippen molar-refractivity contribution in [3.8, 4) is 0 Å². The zero-order valence-electron chi connectivity index (χ0n) is 19.8. The van der Waals surface area contributed by atoms with Gasteiger partial charge in [0.25, 0.3) is 11.1 Å². The van der Waals surface area contributed by atoms with Gasteiger partial charge in [0.2, 0.25) is 0 Å². The Labute approximate surface area is 195 Å². The van der Waals surface area contributed by atoms with Crippen molar-refractivity contribution >= 4 is 34.7 Å². The van der Waals surface area contributed by atoms with Gasteiger partial charge in [0.05, 0.1) is 11.4 Å². The van der Waals surface area contributed by atoms with Crippen molar-refractivity contribution in [1.82, 2.24) is 4.90 Å². The SMILES string of the molecule is Cc1ccc(CN2C(=O)S/C(=C\c3ccc4c(c3)[C@H](C)CC(C)(C)N4C(C)C)C2=O)cc1. The predicted octanol–water partition coefficient (Wildman–Crippen LogP) is 6.73. The minimum absolute atomic E-state index is 0.0979. The molecule has 2 aliphatic heterocycles. The average Bonchev–Trinajstić information content (AvgIpc) is 2.96. The van der Waals surface area contributed by atoms with Crippen molar-refractivity contribution in [2.24, 2.45) is 0 Å². The molecule has 1 fully saturated rings. The van der Waals surface area contributed by atoms with Gasteiger partial charge in [0.15, 0.2) is 0 Å². The van der Waals surface area contributed by atoms with Gasteiger partial charge in [0.1, 0.15) is 0 Å². The van der Waals surface area contributed by atoms with E-state index in [1.165, 1.54) is 16.2 Å². The van der Waals surface area contributed by atoms with Gasteiger partial charge < -0.3 is 4.90 Å². The van der Waals surface area contributed by atoms with Crippen molar-refractivity contribution in [3.05, 3.63) is 69.6 Å². The van der Waals surface area contributed by atoms with E-state index in [2.05, 4.69) is 57.7 Å².